The summed E-state index contributed by atoms with van der Waals surface area (Å²) in [5.41, 5.74) is 0.784. The highest BCUT2D eigenvalue weighted by molar-refractivity contribution is 7.89. The first kappa shape index (κ1) is 15.1. The Labute approximate surface area is 129 Å². The number of piperidine rings is 1. The molecule has 0 aliphatic carbocycles. The van der Waals surface area contributed by atoms with Crippen LogP contribution in [0, 0.1) is 0 Å². The van der Waals surface area contributed by atoms with Gasteiger partial charge in [-0.15, -0.1) is 0 Å². The Morgan fingerprint density at radius 1 is 1.45 bits per heavy atom. The van der Waals surface area contributed by atoms with Gasteiger partial charge in [0.05, 0.1) is 11.7 Å². The smallest absolute Gasteiger partial charge is 0.231 e. The molecule has 118 valence electrons. The lowest BCUT2D eigenvalue weighted by molar-refractivity contribution is 0.266. The molecule has 2 aromatic heterocycles. The van der Waals surface area contributed by atoms with Crippen LogP contribution < -0.4 is 0 Å². The third-order valence-corrected chi connectivity index (χ3v) is 5.70. The van der Waals surface area contributed by atoms with E-state index in [1.807, 2.05) is 12.1 Å². The summed E-state index contributed by atoms with van der Waals surface area (Å²) in [5, 5.41) is 3.97. The molecule has 0 bridgehead atoms. The molecule has 8 heteroatoms. The highest BCUT2D eigenvalue weighted by Gasteiger charge is 2.31. The summed E-state index contributed by atoms with van der Waals surface area (Å²) in [7, 11) is -3.17. The van der Waals surface area contributed by atoms with Crippen LogP contribution in [0.3, 0.4) is 0 Å². The topological polar surface area (TPSA) is 89.2 Å². The number of rotatable bonds is 4. The maximum Gasteiger partial charge on any atom is 0.231 e. The van der Waals surface area contributed by atoms with Gasteiger partial charge in [0.15, 0.2) is 0 Å². The van der Waals surface area contributed by atoms with Gasteiger partial charge in [-0.2, -0.15) is 4.98 Å². The van der Waals surface area contributed by atoms with Crippen molar-refractivity contribution in [1.82, 2.24) is 19.4 Å². The second-order valence-electron chi connectivity index (χ2n) is 5.30. The fraction of sp³-hybridized carbons (Fsp3) is 0.500. The summed E-state index contributed by atoms with van der Waals surface area (Å²) in [4.78, 5) is 8.44. The highest BCUT2D eigenvalue weighted by Crippen LogP contribution is 2.28. The number of nitrogens with zero attached hydrogens (tertiary/aromatic N) is 4. The van der Waals surface area contributed by atoms with Crippen molar-refractivity contribution in [3.63, 3.8) is 0 Å². The molecule has 0 N–H and O–H groups in total. The van der Waals surface area contributed by atoms with Gasteiger partial charge < -0.3 is 4.52 Å². The molecule has 1 saturated heterocycles. The van der Waals surface area contributed by atoms with Crippen molar-refractivity contribution in [3.8, 4) is 11.4 Å². The van der Waals surface area contributed by atoms with Crippen LogP contribution >= 0.6 is 0 Å². The van der Waals surface area contributed by atoms with Crippen LogP contribution in [-0.2, 0) is 10.0 Å². The summed E-state index contributed by atoms with van der Waals surface area (Å²) in [6.07, 6.45) is 5.00. The Morgan fingerprint density at radius 3 is 3.05 bits per heavy atom. The molecule has 7 nitrogen and oxygen atoms in total. The number of hydrogen-bond acceptors (Lipinski definition) is 6. The van der Waals surface area contributed by atoms with E-state index in [9.17, 15) is 8.42 Å². The van der Waals surface area contributed by atoms with Crippen molar-refractivity contribution < 1.29 is 12.9 Å². The number of pyridine rings is 1. The van der Waals surface area contributed by atoms with E-state index in [1.165, 1.54) is 4.31 Å². The summed E-state index contributed by atoms with van der Waals surface area (Å²) in [5.74, 6) is 1.05. The minimum atomic E-state index is -3.17. The van der Waals surface area contributed by atoms with E-state index < -0.39 is 10.0 Å². The molecule has 1 fully saturated rings. The molecule has 2 aromatic rings. The Balaban J connectivity index is 1.79. The molecular weight excluding hydrogens is 304 g/mol. The normalized spacial score (nSPS) is 20.1. The molecule has 3 rings (SSSR count). The zero-order chi connectivity index (χ0) is 15.6. The molecule has 1 atom stereocenters. The lowest BCUT2D eigenvalue weighted by Gasteiger charge is -2.29. The molecule has 1 aliphatic heterocycles. The molecule has 22 heavy (non-hydrogen) atoms. The van der Waals surface area contributed by atoms with E-state index in [2.05, 4.69) is 15.1 Å². The monoisotopic (exact) mass is 322 g/mol. The minimum absolute atomic E-state index is 0.0482. The van der Waals surface area contributed by atoms with Crippen molar-refractivity contribution in [3.05, 3.63) is 30.4 Å². The minimum Gasteiger partial charge on any atom is -0.339 e. The zero-order valence-electron chi connectivity index (χ0n) is 12.3. The van der Waals surface area contributed by atoms with Gasteiger partial charge in [-0.1, -0.05) is 5.16 Å². The van der Waals surface area contributed by atoms with Crippen LogP contribution in [0.4, 0.5) is 0 Å². The molecule has 0 aromatic carbocycles. The maximum absolute atomic E-state index is 12.0. The summed E-state index contributed by atoms with van der Waals surface area (Å²) >= 11 is 0. The van der Waals surface area contributed by atoms with Crippen LogP contribution in [0.1, 0.15) is 31.6 Å². The Hall–Kier alpha value is -1.80. The van der Waals surface area contributed by atoms with Gasteiger partial charge >= 0.3 is 0 Å². The van der Waals surface area contributed by atoms with Crippen molar-refractivity contribution in [1.29, 1.82) is 0 Å². The fourth-order valence-electron chi connectivity index (χ4n) is 2.59. The van der Waals surface area contributed by atoms with Crippen molar-refractivity contribution in [2.75, 3.05) is 18.8 Å². The number of aromatic nitrogens is 3. The van der Waals surface area contributed by atoms with Crippen LogP contribution in [0.2, 0.25) is 0 Å². The predicted octanol–water partition coefficient (Wildman–Crippen LogP) is 1.66. The van der Waals surface area contributed by atoms with E-state index >= 15 is 0 Å². The highest BCUT2D eigenvalue weighted by atomic mass is 32.2. The Morgan fingerprint density at radius 2 is 2.32 bits per heavy atom. The predicted molar refractivity (Wildman–Crippen MR) is 80.5 cm³/mol. The van der Waals surface area contributed by atoms with E-state index in [4.69, 9.17) is 4.52 Å². The quantitative estimate of drug-likeness (QED) is 0.850. The molecule has 0 spiro atoms. The number of sulfonamides is 1. The van der Waals surface area contributed by atoms with Gasteiger partial charge in [0.2, 0.25) is 21.7 Å². The van der Waals surface area contributed by atoms with Gasteiger partial charge in [-0.25, -0.2) is 12.7 Å². The first-order valence-corrected chi connectivity index (χ1v) is 8.93. The van der Waals surface area contributed by atoms with Crippen molar-refractivity contribution in [2.24, 2.45) is 0 Å². The third kappa shape index (κ3) is 3.02. The van der Waals surface area contributed by atoms with Crippen LogP contribution in [0.25, 0.3) is 11.4 Å². The molecule has 1 unspecified atom stereocenters. The van der Waals surface area contributed by atoms with Gasteiger partial charge in [-0.3, -0.25) is 4.98 Å². The summed E-state index contributed by atoms with van der Waals surface area (Å²) in [6.45, 7) is 2.63. The summed E-state index contributed by atoms with van der Waals surface area (Å²) in [6, 6.07) is 3.66. The first-order valence-electron chi connectivity index (χ1n) is 7.32. The SMILES string of the molecule is CCS(=O)(=O)N1CCCC(c2nc(-c3cccnc3)no2)C1. The first-order chi connectivity index (χ1) is 10.6. The van der Waals surface area contributed by atoms with E-state index in [0.717, 1.165) is 18.4 Å². The third-order valence-electron chi connectivity index (χ3n) is 3.85. The Kier molecular flexibility index (Phi) is 4.21. The van der Waals surface area contributed by atoms with E-state index in [-0.39, 0.29) is 11.7 Å². The summed E-state index contributed by atoms with van der Waals surface area (Å²) < 4.78 is 30.9. The van der Waals surface area contributed by atoms with Gasteiger partial charge in [0, 0.05) is 31.0 Å². The van der Waals surface area contributed by atoms with Crippen molar-refractivity contribution in [2.45, 2.75) is 25.7 Å². The molecule has 0 saturated carbocycles. The zero-order valence-corrected chi connectivity index (χ0v) is 13.2. The van der Waals surface area contributed by atoms with Gasteiger partial charge in [0.25, 0.3) is 0 Å². The van der Waals surface area contributed by atoms with Crippen LogP contribution in [-0.4, -0.2) is 46.7 Å². The molecule has 0 radical (unpaired) electrons. The largest absolute Gasteiger partial charge is 0.339 e. The van der Waals surface area contributed by atoms with Crippen molar-refractivity contribution >= 4 is 10.0 Å². The van der Waals surface area contributed by atoms with E-state index in [0.29, 0.717) is 24.8 Å². The van der Waals surface area contributed by atoms with Gasteiger partial charge in [0.1, 0.15) is 0 Å². The van der Waals surface area contributed by atoms with Crippen LogP contribution in [0.15, 0.2) is 29.0 Å². The molecular formula is C14H18N4O3S. The second-order valence-corrected chi connectivity index (χ2v) is 7.55. The standard InChI is InChI=1S/C14H18N4O3S/c1-2-22(19,20)18-8-4-6-12(10-18)14-16-13(17-21-14)11-5-3-7-15-9-11/h3,5,7,9,12H,2,4,6,8,10H2,1H3. The molecule has 1 aliphatic rings. The lowest BCUT2D eigenvalue weighted by atomic mass is 10.00. The van der Waals surface area contributed by atoms with E-state index in [1.54, 1.807) is 19.3 Å². The average molecular weight is 322 g/mol. The van der Waals surface area contributed by atoms with Crippen LogP contribution in [0.5, 0.6) is 0 Å². The fourth-order valence-corrected chi connectivity index (χ4v) is 3.77. The molecule has 0 amide bonds. The van der Waals surface area contributed by atoms with Gasteiger partial charge in [-0.05, 0) is 31.9 Å². The molecule has 3 heterocycles. The Bertz CT molecular complexity index is 730. The maximum atomic E-state index is 12.0. The lowest BCUT2D eigenvalue weighted by Crippen LogP contribution is -2.39. The number of hydrogen-bond donors (Lipinski definition) is 0. The second kappa shape index (κ2) is 6.13. The average Bonchev–Trinajstić information content (AvgIpc) is 3.06.